The number of anilines is 1. The van der Waals surface area contributed by atoms with Crippen LogP contribution < -0.4 is 10.1 Å². The Kier molecular flexibility index (Phi) is 6.32. The standard InChI is InChI=1S/C24H27N5O4/c1-15-6-8-18(22(10-15)32-5)19-12-17(29(3)27-19)13-33-24(30)25-16-7-9-21-20(11-16)26-23(14-31-4)28(21)2/h6-12H,13-14H2,1-5H3,(H,25,30). The molecule has 4 aromatic rings. The van der Waals surface area contributed by atoms with Gasteiger partial charge in [0.2, 0.25) is 0 Å². The molecule has 0 saturated heterocycles. The minimum atomic E-state index is -0.557. The lowest BCUT2D eigenvalue weighted by Crippen LogP contribution is -2.14. The molecule has 0 fully saturated rings. The van der Waals surface area contributed by atoms with Gasteiger partial charge in [-0.15, -0.1) is 0 Å². The first-order valence-corrected chi connectivity index (χ1v) is 10.5. The van der Waals surface area contributed by atoms with E-state index in [2.05, 4.69) is 15.4 Å². The number of hydrogen-bond acceptors (Lipinski definition) is 6. The topological polar surface area (TPSA) is 92.4 Å². The fourth-order valence-corrected chi connectivity index (χ4v) is 3.66. The van der Waals surface area contributed by atoms with Gasteiger partial charge in [-0.3, -0.25) is 10.00 Å². The van der Waals surface area contributed by atoms with Crippen LogP contribution in [0.1, 0.15) is 17.1 Å². The second kappa shape index (κ2) is 9.33. The Morgan fingerprint density at radius 2 is 1.88 bits per heavy atom. The molecule has 33 heavy (non-hydrogen) atoms. The van der Waals surface area contributed by atoms with Crippen LogP contribution in [-0.2, 0) is 36.8 Å². The fraction of sp³-hybridized carbons (Fsp3) is 0.292. The van der Waals surface area contributed by atoms with Crippen molar-refractivity contribution in [2.45, 2.75) is 20.1 Å². The molecular weight excluding hydrogens is 422 g/mol. The fourth-order valence-electron chi connectivity index (χ4n) is 3.66. The highest BCUT2D eigenvalue weighted by Gasteiger charge is 2.14. The number of nitrogens with zero attached hydrogens (tertiary/aromatic N) is 4. The van der Waals surface area contributed by atoms with E-state index < -0.39 is 6.09 Å². The predicted molar refractivity (Wildman–Crippen MR) is 125 cm³/mol. The molecule has 0 unspecified atom stereocenters. The minimum Gasteiger partial charge on any atom is -0.496 e. The number of carbonyl (C=O) groups is 1. The molecule has 9 heteroatoms. The molecule has 0 aliphatic rings. The van der Waals surface area contributed by atoms with Crippen LogP contribution in [0.2, 0.25) is 0 Å². The normalized spacial score (nSPS) is 11.1. The van der Waals surface area contributed by atoms with Crippen molar-refractivity contribution in [3.8, 4) is 17.0 Å². The van der Waals surface area contributed by atoms with E-state index in [1.165, 1.54) is 0 Å². The summed E-state index contributed by atoms with van der Waals surface area (Å²) in [5, 5.41) is 7.30. The van der Waals surface area contributed by atoms with Gasteiger partial charge in [0.05, 0.1) is 29.5 Å². The Bertz CT molecular complexity index is 1310. The zero-order chi connectivity index (χ0) is 23.5. The van der Waals surface area contributed by atoms with E-state index >= 15 is 0 Å². The summed E-state index contributed by atoms with van der Waals surface area (Å²) in [5.74, 6) is 1.56. The molecular formula is C24H27N5O4. The van der Waals surface area contributed by atoms with Crippen LogP contribution in [0.15, 0.2) is 42.5 Å². The van der Waals surface area contributed by atoms with Gasteiger partial charge in [-0.1, -0.05) is 6.07 Å². The van der Waals surface area contributed by atoms with Crippen LogP contribution in [0.4, 0.5) is 10.5 Å². The Balaban J connectivity index is 1.43. The summed E-state index contributed by atoms with van der Waals surface area (Å²) in [5.41, 5.74) is 5.81. The van der Waals surface area contributed by atoms with Crippen LogP contribution in [0, 0.1) is 6.92 Å². The molecule has 0 spiro atoms. The number of fused-ring (bicyclic) bond motifs is 1. The molecule has 0 aliphatic carbocycles. The third-order valence-corrected chi connectivity index (χ3v) is 5.45. The van der Waals surface area contributed by atoms with Gasteiger partial charge in [0, 0.05) is 32.5 Å². The monoisotopic (exact) mass is 449 g/mol. The lowest BCUT2D eigenvalue weighted by molar-refractivity contribution is 0.152. The average Bonchev–Trinajstić information content (AvgIpc) is 3.31. The molecule has 9 nitrogen and oxygen atoms in total. The summed E-state index contributed by atoms with van der Waals surface area (Å²) < 4.78 is 19.8. The van der Waals surface area contributed by atoms with E-state index in [1.807, 2.05) is 68.1 Å². The molecule has 2 heterocycles. The van der Waals surface area contributed by atoms with E-state index in [9.17, 15) is 4.79 Å². The van der Waals surface area contributed by atoms with Crippen molar-refractivity contribution >= 4 is 22.8 Å². The number of imidazole rings is 1. The van der Waals surface area contributed by atoms with E-state index in [-0.39, 0.29) is 6.61 Å². The zero-order valence-corrected chi connectivity index (χ0v) is 19.4. The number of amides is 1. The van der Waals surface area contributed by atoms with Gasteiger partial charge < -0.3 is 18.8 Å². The number of aromatic nitrogens is 4. The molecule has 0 radical (unpaired) electrons. The van der Waals surface area contributed by atoms with Gasteiger partial charge in [-0.25, -0.2) is 9.78 Å². The molecule has 0 aliphatic heterocycles. The number of aryl methyl sites for hydroxylation is 3. The number of ether oxygens (including phenoxy) is 3. The lowest BCUT2D eigenvalue weighted by atomic mass is 10.1. The number of methoxy groups -OCH3 is 2. The second-order valence-electron chi connectivity index (χ2n) is 7.77. The van der Waals surface area contributed by atoms with Gasteiger partial charge >= 0.3 is 6.09 Å². The van der Waals surface area contributed by atoms with Crippen molar-refractivity contribution in [1.82, 2.24) is 19.3 Å². The summed E-state index contributed by atoms with van der Waals surface area (Å²) in [6.45, 7) is 2.50. The summed E-state index contributed by atoms with van der Waals surface area (Å²) in [7, 11) is 7.01. The third kappa shape index (κ3) is 4.68. The maximum Gasteiger partial charge on any atom is 0.412 e. The Morgan fingerprint density at radius 3 is 2.64 bits per heavy atom. The van der Waals surface area contributed by atoms with Crippen LogP contribution in [0.3, 0.4) is 0 Å². The van der Waals surface area contributed by atoms with Crippen molar-refractivity contribution in [2.24, 2.45) is 14.1 Å². The quantitative estimate of drug-likeness (QED) is 0.455. The van der Waals surface area contributed by atoms with Crippen molar-refractivity contribution in [3.63, 3.8) is 0 Å². The van der Waals surface area contributed by atoms with Gasteiger partial charge in [0.1, 0.15) is 24.8 Å². The SMILES string of the molecule is COCc1nc2cc(NC(=O)OCc3cc(-c4ccc(C)cc4OC)nn3C)ccc2n1C. The van der Waals surface area contributed by atoms with E-state index in [0.29, 0.717) is 12.3 Å². The molecule has 2 aromatic heterocycles. The molecule has 0 atom stereocenters. The molecule has 172 valence electrons. The summed E-state index contributed by atoms with van der Waals surface area (Å²) in [6, 6.07) is 13.4. The van der Waals surface area contributed by atoms with Gasteiger partial charge in [0.15, 0.2) is 0 Å². The molecule has 1 N–H and O–H groups in total. The van der Waals surface area contributed by atoms with Crippen LogP contribution >= 0.6 is 0 Å². The van der Waals surface area contributed by atoms with Crippen LogP contribution in [0.25, 0.3) is 22.3 Å². The number of nitrogens with one attached hydrogen (secondary N) is 1. The predicted octanol–water partition coefficient (Wildman–Crippen LogP) is 4.19. The van der Waals surface area contributed by atoms with E-state index in [1.54, 1.807) is 18.9 Å². The van der Waals surface area contributed by atoms with Gasteiger partial charge in [-0.2, -0.15) is 5.10 Å². The van der Waals surface area contributed by atoms with E-state index in [4.69, 9.17) is 14.2 Å². The van der Waals surface area contributed by atoms with Gasteiger partial charge in [0.25, 0.3) is 0 Å². The maximum atomic E-state index is 12.4. The number of carbonyl (C=O) groups excluding carboxylic acids is 1. The smallest absolute Gasteiger partial charge is 0.412 e. The molecule has 2 aromatic carbocycles. The highest BCUT2D eigenvalue weighted by Crippen LogP contribution is 2.30. The lowest BCUT2D eigenvalue weighted by Gasteiger charge is -2.07. The van der Waals surface area contributed by atoms with Gasteiger partial charge in [-0.05, 0) is 48.9 Å². The van der Waals surface area contributed by atoms with Crippen molar-refractivity contribution < 1.29 is 19.0 Å². The first kappa shape index (κ1) is 22.3. The Morgan fingerprint density at radius 1 is 1.06 bits per heavy atom. The van der Waals surface area contributed by atoms with E-state index in [0.717, 1.165) is 45.1 Å². The maximum absolute atomic E-state index is 12.4. The first-order valence-electron chi connectivity index (χ1n) is 10.5. The summed E-state index contributed by atoms with van der Waals surface area (Å²) in [4.78, 5) is 16.9. The van der Waals surface area contributed by atoms with Crippen molar-refractivity contribution in [2.75, 3.05) is 19.5 Å². The molecule has 1 amide bonds. The summed E-state index contributed by atoms with van der Waals surface area (Å²) >= 11 is 0. The van der Waals surface area contributed by atoms with Crippen LogP contribution in [0.5, 0.6) is 5.75 Å². The summed E-state index contributed by atoms with van der Waals surface area (Å²) in [6.07, 6.45) is -0.557. The second-order valence-corrected chi connectivity index (χ2v) is 7.77. The number of rotatable bonds is 7. The third-order valence-electron chi connectivity index (χ3n) is 5.45. The minimum absolute atomic E-state index is 0.0767. The highest BCUT2D eigenvalue weighted by atomic mass is 16.5. The number of hydrogen-bond donors (Lipinski definition) is 1. The van der Waals surface area contributed by atoms with Crippen molar-refractivity contribution in [3.05, 3.63) is 59.5 Å². The Labute approximate surface area is 191 Å². The average molecular weight is 450 g/mol. The number of benzene rings is 2. The molecule has 0 bridgehead atoms. The zero-order valence-electron chi connectivity index (χ0n) is 19.4. The van der Waals surface area contributed by atoms with Crippen molar-refractivity contribution in [1.29, 1.82) is 0 Å². The van der Waals surface area contributed by atoms with Crippen LogP contribution in [-0.4, -0.2) is 39.6 Å². The molecule has 4 rings (SSSR count). The Hall–Kier alpha value is -3.85. The largest absolute Gasteiger partial charge is 0.496 e. The first-order chi connectivity index (χ1) is 15.9. The molecule has 0 saturated carbocycles. The highest BCUT2D eigenvalue weighted by molar-refractivity contribution is 5.89.